The Morgan fingerprint density at radius 2 is 1.95 bits per heavy atom. The molecule has 11 nitrogen and oxygen atoms in total. The van der Waals surface area contributed by atoms with Crippen molar-refractivity contribution in [1.82, 2.24) is 14.8 Å². The Hall–Kier alpha value is -3.93. The molecule has 0 unspecified atom stereocenters. The molecule has 2 N–H and O–H groups in total. The summed E-state index contributed by atoms with van der Waals surface area (Å²) in [6.45, 7) is 6.11. The number of esters is 1. The number of hydrogen-bond donors (Lipinski definition) is 2. The summed E-state index contributed by atoms with van der Waals surface area (Å²) in [6, 6.07) is 7.01. The van der Waals surface area contributed by atoms with E-state index in [1.807, 2.05) is 36.1 Å². The van der Waals surface area contributed by atoms with Gasteiger partial charge in [-0.15, -0.1) is 11.3 Å². The lowest BCUT2D eigenvalue weighted by Crippen LogP contribution is -2.45. The Kier molecular flexibility index (Phi) is 9.17. The highest BCUT2D eigenvalue weighted by atomic mass is 32.1. The monoisotopic (exact) mass is 580 g/mol. The second-order valence-corrected chi connectivity index (χ2v) is 11.2. The molecule has 2 saturated heterocycles. The van der Waals surface area contributed by atoms with Crippen LogP contribution in [0.3, 0.4) is 0 Å². The second-order valence-electron chi connectivity index (χ2n) is 10.3. The van der Waals surface area contributed by atoms with Crippen LogP contribution in [0.4, 0.5) is 10.8 Å². The van der Waals surface area contributed by atoms with Crippen molar-refractivity contribution in [2.75, 3.05) is 43.4 Å². The molecule has 218 valence electrons. The van der Waals surface area contributed by atoms with Crippen LogP contribution < -0.4 is 10.6 Å². The van der Waals surface area contributed by atoms with Crippen molar-refractivity contribution in [1.29, 1.82) is 0 Å². The highest BCUT2D eigenvalue weighted by Gasteiger charge is 2.30. The number of amides is 2. The number of carbonyl (C=O) groups is 3. The first kappa shape index (κ1) is 28.6. The zero-order chi connectivity index (χ0) is 28.8. The number of anilines is 2. The van der Waals surface area contributed by atoms with E-state index in [-0.39, 0.29) is 30.7 Å². The number of rotatable bonds is 8. The van der Waals surface area contributed by atoms with Crippen LogP contribution in [0, 0.1) is 6.92 Å². The van der Waals surface area contributed by atoms with Crippen molar-refractivity contribution in [2.45, 2.75) is 58.4 Å². The number of benzene rings is 1. The molecule has 0 radical (unpaired) electrons. The molecule has 2 aliphatic heterocycles. The number of carbonyl (C=O) groups excluding carboxylic acids is 3. The summed E-state index contributed by atoms with van der Waals surface area (Å²) in [7, 11) is 0. The lowest BCUT2D eigenvalue weighted by Gasteiger charge is -2.25. The predicted molar refractivity (Wildman–Crippen MR) is 158 cm³/mol. The molecule has 3 aromatic rings. The van der Waals surface area contributed by atoms with Crippen LogP contribution in [0.1, 0.15) is 50.5 Å². The maximum Gasteiger partial charge on any atom is 0.311 e. The normalized spacial score (nSPS) is 18.0. The van der Waals surface area contributed by atoms with Gasteiger partial charge in [0.2, 0.25) is 17.8 Å². The predicted octanol–water partition coefficient (Wildman–Crippen LogP) is 4.19. The second kappa shape index (κ2) is 13.2. The number of aryl methyl sites for hydroxylation is 1. The largest absolute Gasteiger partial charge is 0.466 e. The molecule has 0 spiro atoms. The van der Waals surface area contributed by atoms with E-state index in [1.165, 1.54) is 11.3 Å². The molecule has 0 aliphatic carbocycles. The van der Waals surface area contributed by atoms with Crippen LogP contribution in [0.25, 0.3) is 11.0 Å². The molecule has 41 heavy (non-hydrogen) atoms. The number of nitrogens with one attached hydrogen (secondary N) is 2. The van der Waals surface area contributed by atoms with E-state index in [0.29, 0.717) is 36.4 Å². The van der Waals surface area contributed by atoms with Crippen LogP contribution in [0.5, 0.6) is 0 Å². The number of thiazole rings is 1. The molecular weight excluding hydrogens is 544 g/mol. The van der Waals surface area contributed by atoms with Gasteiger partial charge < -0.3 is 29.6 Å². The Balaban J connectivity index is 1.37. The number of aliphatic imine (C=N–C) groups is 1. The fraction of sp³-hybridized carbons (Fsp3) is 0.483. The summed E-state index contributed by atoms with van der Waals surface area (Å²) in [4.78, 5) is 51.2. The van der Waals surface area contributed by atoms with E-state index < -0.39 is 6.04 Å². The molecule has 1 aromatic carbocycles. The first-order chi connectivity index (χ1) is 19.9. The Labute approximate surface area is 242 Å². The Morgan fingerprint density at radius 3 is 2.76 bits per heavy atom. The molecule has 0 saturated carbocycles. The third-order valence-electron chi connectivity index (χ3n) is 7.13. The van der Waals surface area contributed by atoms with Crippen LogP contribution in [0.2, 0.25) is 0 Å². The Morgan fingerprint density at radius 1 is 1.15 bits per heavy atom. The first-order valence-corrected chi connectivity index (χ1v) is 15.0. The van der Waals surface area contributed by atoms with E-state index in [9.17, 15) is 14.4 Å². The quantitative estimate of drug-likeness (QED) is 0.231. The Bertz CT molecular complexity index is 1430. The number of aromatic nitrogens is 1. The highest BCUT2D eigenvalue weighted by Crippen LogP contribution is 2.24. The third kappa shape index (κ3) is 7.43. The summed E-state index contributed by atoms with van der Waals surface area (Å²) in [5.74, 6) is 0.672. The van der Waals surface area contributed by atoms with Gasteiger partial charge in [0.15, 0.2) is 5.13 Å². The molecule has 4 heterocycles. The summed E-state index contributed by atoms with van der Waals surface area (Å²) < 4.78 is 10.7. The fourth-order valence-electron chi connectivity index (χ4n) is 5.14. The van der Waals surface area contributed by atoms with Crippen molar-refractivity contribution in [3.63, 3.8) is 0 Å². The maximum atomic E-state index is 13.6. The summed E-state index contributed by atoms with van der Waals surface area (Å²) >= 11 is 1.33. The van der Waals surface area contributed by atoms with Crippen LogP contribution >= 0.6 is 11.3 Å². The topological polar surface area (TPSA) is 129 Å². The average Bonchev–Trinajstić information content (AvgIpc) is 3.68. The van der Waals surface area contributed by atoms with Gasteiger partial charge in [0, 0.05) is 36.1 Å². The zero-order valence-corrected chi connectivity index (χ0v) is 24.3. The number of likely N-dealkylation sites (tertiary alicyclic amines) is 2. The van der Waals surface area contributed by atoms with E-state index in [4.69, 9.17) is 14.1 Å². The molecule has 2 aromatic heterocycles. The summed E-state index contributed by atoms with van der Waals surface area (Å²) in [5.41, 5.74) is 2.12. The molecule has 2 amide bonds. The van der Waals surface area contributed by atoms with Gasteiger partial charge in [-0.1, -0.05) is 0 Å². The number of fused-ring (bicyclic) bond motifs is 1. The third-order valence-corrected chi connectivity index (χ3v) is 7.94. The smallest absolute Gasteiger partial charge is 0.311 e. The molecule has 1 atom stereocenters. The van der Waals surface area contributed by atoms with Gasteiger partial charge in [0.1, 0.15) is 17.4 Å². The summed E-state index contributed by atoms with van der Waals surface area (Å²) in [6.07, 6.45) is 4.31. The number of ether oxygens (including phenoxy) is 1. The van der Waals surface area contributed by atoms with Gasteiger partial charge in [0.05, 0.1) is 25.3 Å². The molecule has 12 heteroatoms. The molecule has 0 bridgehead atoms. The minimum absolute atomic E-state index is 0.00224. The molecular formula is C29H36N6O5S. The molecule has 5 rings (SSSR count). The van der Waals surface area contributed by atoms with Crippen molar-refractivity contribution in [3.8, 4) is 0 Å². The van der Waals surface area contributed by atoms with Gasteiger partial charge in [-0.05, 0) is 70.2 Å². The zero-order valence-electron chi connectivity index (χ0n) is 23.5. The van der Waals surface area contributed by atoms with Gasteiger partial charge in [0.25, 0.3) is 0 Å². The van der Waals surface area contributed by atoms with Crippen molar-refractivity contribution in [3.05, 3.63) is 41.1 Å². The van der Waals surface area contributed by atoms with E-state index in [1.54, 1.807) is 17.2 Å². The van der Waals surface area contributed by atoms with E-state index in [2.05, 4.69) is 15.6 Å². The summed E-state index contributed by atoms with van der Waals surface area (Å²) in [5, 5.41) is 9.79. The van der Waals surface area contributed by atoms with E-state index >= 15 is 0 Å². The maximum absolute atomic E-state index is 13.6. The minimum Gasteiger partial charge on any atom is -0.466 e. The molecule has 2 aliphatic rings. The van der Waals surface area contributed by atoms with Crippen LogP contribution in [0.15, 0.2) is 39.1 Å². The van der Waals surface area contributed by atoms with Crippen molar-refractivity contribution < 1.29 is 23.5 Å². The van der Waals surface area contributed by atoms with Gasteiger partial charge in [-0.2, -0.15) is 0 Å². The first-order valence-electron chi connectivity index (χ1n) is 14.2. The van der Waals surface area contributed by atoms with Crippen molar-refractivity contribution >= 4 is 56.9 Å². The van der Waals surface area contributed by atoms with Gasteiger partial charge in [-0.3, -0.25) is 14.4 Å². The van der Waals surface area contributed by atoms with Gasteiger partial charge in [-0.25, -0.2) is 9.98 Å². The minimum atomic E-state index is -0.655. The SMILES string of the molecule is CCOC(=O)Cc1csc(NC(=N[C@H]2CCCCN(CC(=O)N3CCCC3)C2=O)Nc2ccc3oc(C)cc3c2)n1. The van der Waals surface area contributed by atoms with Crippen molar-refractivity contribution in [2.24, 2.45) is 4.99 Å². The lowest BCUT2D eigenvalue weighted by molar-refractivity contribution is -0.142. The van der Waals surface area contributed by atoms with Crippen LogP contribution in [-0.4, -0.2) is 77.4 Å². The number of nitrogens with zero attached hydrogens (tertiary/aromatic N) is 4. The number of hydrogen-bond acceptors (Lipinski definition) is 8. The highest BCUT2D eigenvalue weighted by molar-refractivity contribution is 7.14. The van der Waals surface area contributed by atoms with Crippen LogP contribution in [-0.2, 0) is 25.5 Å². The van der Waals surface area contributed by atoms with Gasteiger partial charge >= 0.3 is 5.97 Å². The van der Waals surface area contributed by atoms with E-state index in [0.717, 1.165) is 61.2 Å². The fourth-order valence-corrected chi connectivity index (χ4v) is 5.85. The average molecular weight is 581 g/mol. The standard InChI is InChI=1S/C29H36N6O5S/c1-3-39-26(37)16-22-18-41-29(31-22)33-28(30-21-9-10-24-20(15-21)14-19(2)40-24)32-23-8-4-5-13-35(27(23)38)17-25(36)34-11-6-7-12-34/h9-10,14-15,18,23H,3-8,11-13,16-17H2,1-2H3,(H2,30,31,32,33)/t23-/m0/s1. The number of guanidine groups is 1. The number of furan rings is 1. The lowest BCUT2D eigenvalue weighted by atomic mass is 10.1. The molecule has 2 fully saturated rings.